The maximum atomic E-state index is 12.2. The zero-order valence-electron chi connectivity index (χ0n) is 12.6. The number of aromatic nitrogens is 3. The monoisotopic (exact) mass is 288 g/mol. The minimum Gasteiger partial charge on any atom is -0.385 e. The van der Waals surface area contributed by atoms with E-state index >= 15 is 0 Å². The minimum atomic E-state index is -0.243. The first kappa shape index (κ1) is 15.0. The number of nitrogens with one attached hydrogen (secondary N) is 2. The highest BCUT2D eigenvalue weighted by Gasteiger charge is 2.08. The molecule has 0 radical (unpaired) electrons. The van der Waals surface area contributed by atoms with Gasteiger partial charge in [0.05, 0.1) is 12.2 Å². The molecule has 0 aliphatic heterocycles. The van der Waals surface area contributed by atoms with Crippen molar-refractivity contribution in [3.05, 3.63) is 55.9 Å². The SMILES string of the molecule is CCCNc1ccnc(Cn2[nH]c(=O)c(C)c(C)c2=O)c1. The van der Waals surface area contributed by atoms with Crippen LogP contribution in [0.4, 0.5) is 5.69 Å². The van der Waals surface area contributed by atoms with Crippen LogP contribution in [0.3, 0.4) is 0 Å². The molecule has 0 spiro atoms. The van der Waals surface area contributed by atoms with Crippen molar-refractivity contribution in [2.75, 3.05) is 11.9 Å². The van der Waals surface area contributed by atoms with Crippen molar-refractivity contribution < 1.29 is 0 Å². The predicted octanol–water partition coefficient (Wildman–Crippen LogP) is 1.42. The van der Waals surface area contributed by atoms with Crippen LogP contribution in [-0.2, 0) is 6.54 Å². The first-order valence-corrected chi connectivity index (χ1v) is 7.02. The lowest BCUT2D eigenvalue weighted by atomic mass is 10.2. The van der Waals surface area contributed by atoms with Crippen LogP contribution in [-0.4, -0.2) is 21.3 Å². The summed E-state index contributed by atoms with van der Waals surface area (Å²) in [7, 11) is 0. The first-order valence-electron chi connectivity index (χ1n) is 7.02. The maximum absolute atomic E-state index is 12.2. The van der Waals surface area contributed by atoms with Crippen molar-refractivity contribution in [3.8, 4) is 0 Å². The van der Waals surface area contributed by atoms with Crippen LogP contribution >= 0.6 is 0 Å². The Morgan fingerprint density at radius 2 is 2.05 bits per heavy atom. The number of hydrogen-bond donors (Lipinski definition) is 2. The van der Waals surface area contributed by atoms with Gasteiger partial charge >= 0.3 is 0 Å². The topological polar surface area (TPSA) is 79.8 Å². The highest BCUT2D eigenvalue weighted by Crippen LogP contribution is 2.08. The normalized spacial score (nSPS) is 10.6. The molecule has 6 heteroatoms. The molecule has 2 heterocycles. The van der Waals surface area contributed by atoms with Crippen molar-refractivity contribution in [1.29, 1.82) is 0 Å². The van der Waals surface area contributed by atoms with E-state index in [0.29, 0.717) is 11.1 Å². The zero-order chi connectivity index (χ0) is 15.4. The van der Waals surface area contributed by atoms with Gasteiger partial charge in [-0.3, -0.25) is 19.7 Å². The van der Waals surface area contributed by atoms with Gasteiger partial charge in [0.15, 0.2) is 0 Å². The Morgan fingerprint density at radius 3 is 2.76 bits per heavy atom. The van der Waals surface area contributed by atoms with Crippen LogP contribution in [0, 0.1) is 13.8 Å². The van der Waals surface area contributed by atoms with Gasteiger partial charge in [0.1, 0.15) is 0 Å². The van der Waals surface area contributed by atoms with Crippen molar-refractivity contribution in [1.82, 2.24) is 14.8 Å². The van der Waals surface area contributed by atoms with E-state index in [2.05, 4.69) is 22.3 Å². The molecular weight excluding hydrogens is 268 g/mol. The molecule has 0 bridgehead atoms. The first-order chi connectivity index (χ1) is 10.0. The molecular formula is C15H20N4O2. The lowest BCUT2D eigenvalue weighted by molar-refractivity contribution is 0.608. The molecule has 2 rings (SSSR count). The maximum Gasteiger partial charge on any atom is 0.268 e. The fourth-order valence-corrected chi connectivity index (χ4v) is 2.01. The molecule has 0 aromatic carbocycles. The Labute approximate surface area is 122 Å². The van der Waals surface area contributed by atoms with E-state index in [9.17, 15) is 9.59 Å². The van der Waals surface area contributed by atoms with Crippen LogP contribution < -0.4 is 16.4 Å². The van der Waals surface area contributed by atoms with E-state index in [0.717, 1.165) is 24.3 Å². The quantitative estimate of drug-likeness (QED) is 0.872. The molecule has 0 saturated carbocycles. The number of anilines is 1. The van der Waals surface area contributed by atoms with Crippen LogP contribution in [0.5, 0.6) is 0 Å². The fraction of sp³-hybridized carbons (Fsp3) is 0.400. The standard InChI is InChI=1S/C15H20N4O2/c1-4-6-16-12-5-7-17-13(8-12)9-19-15(21)11(3)10(2)14(20)18-19/h5,7-8H,4,6,9H2,1-3H3,(H,16,17)(H,18,20). The summed E-state index contributed by atoms with van der Waals surface area (Å²) in [6.45, 7) is 6.53. The summed E-state index contributed by atoms with van der Waals surface area (Å²) in [4.78, 5) is 28.2. The molecule has 6 nitrogen and oxygen atoms in total. The Bertz CT molecular complexity index is 746. The third kappa shape index (κ3) is 3.39. The molecule has 0 aliphatic rings. The molecule has 21 heavy (non-hydrogen) atoms. The van der Waals surface area contributed by atoms with Gasteiger partial charge in [0.2, 0.25) is 0 Å². The second kappa shape index (κ2) is 6.39. The highest BCUT2D eigenvalue weighted by molar-refractivity contribution is 5.43. The Hall–Kier alpha value is -2.37. The molecule has 0 fully saturated rings. The zero-order valence-corrected chi connectivity index (χ0v) is 12.6. The molecule has 112 valence electrons. The van der Waals surface area contributed by atoms with Crippen molar-refractivity contribution in [3.63, 3.8) is 0 Å². The van der Waals surface area contributed by atoms with Crippen LogP contribution in [0.1, 0.15) is 30.2 Å². The Morgan fingerprint density at radius 1 is 1.29 bits per heavy atom. The smallest absolute Gasteiger partial charge is 0.268 e. The molecule has 2 aromatic heterocycles. The average Bonchev–Trinajstić information content (AvgIpc) is 2.49. The lowest BCUT2D eigenvalue weighted by Gasteiger charge is -2.09. The van der Waals surface area contributed by atoms with Crippen LogP contribution in [0.15, 0.2) is 27.9 Å². The number of H-pyrrole nitrogens is 1. The second-order valence-electron chi connectivity index (χ2n) is 5.04. The van der Waals surface area contributed by atoms with Gasteiger partial charge < -0.3 is 5.32 Å². The van der Waals surface area contributed by atoms with E-state index in [-0.39, 0.29) is 17.7 Å². The van der Waals surface area contributed by atoms with Gasteiger partial charge in [-0.15, -0.1) is 0 Å². The van der Waals surface area contributed by atoms with Crippen molar-refractivity contribution >= 4 is 5.69 Å². The van der Waals surface area contributed by atoms with E-state index in [1.165, 1.54) is 4.68 Å². The van der Waals surface area contributed by atoms with Gasteiger partial charge in [-0.25, -0.2) is 4.68 Å². The summed E-state index contributed by atoms with van der Waals surface area (Å²) >= 11 is 0. The number of pyridine rings is 1. The van der Waals surface area contributed by atoms with Crippen molar-refractivity contribution in [2.45, 2.75) is 33.7 Å². The highest BCUT2D eigenvalue weighted by atomic mass is 16.2. The summed E-state index contributed by atoms with van der Waals surface area (Å²) in [5, 5.41) is 5.85. The average molecular weight is 288 g/mol. The molecule has 2 N–H and O–H groups in total. The van der Waals surface area contributed by atoms with E-state index in [1.807, 2.05) is 12.1 Å². The summed E-state index contributed by atoms with van der Waals surface area (Å²) < 4.78 is 1.30. The molecule has 0 unspecified atom stereocenters. The molecule has 0 aliphatic carbocycles. The molecule has 0 atom stereocenters. The van der Waals surface area contributed by atoms with Gasteiger partial charge in [0, 0.05) is 29.6 Å². The van der Waals surface area contributed by atoms with E-state index < -0.39 is 0 Å². The van der Waals surface area contributed by atoms with E-state index in [1.54, 1.807) is 20.0 Å². The number of nitrogens with zero attached hydrogens (tertiary/aromatic N) is 2. The minimum absolute atomic E-state index is 0.194. The second-order valence-corrected chi connectivity index (χ2v) is 5.04. The summed E-state index contributed by atoms with van der Waals surface area (Å²) in [6.07, 6.45) is 2.72. The fourth-order valence-electron chi connectivity index (χ4n) is 2.01. The Kier molecular flexibility index (Phi) is 4.57. The van der Waals surface area contributed by atoms with Gasteiger partial charge in [-0.2, -0.15) is 0 Å². The summed E-state index contributed by atoms with van der Waals surface area (Å²) in [5.41, 5.74) is 2.17. The summed E-state index contributed by atoms with van der Waals surface area (Å²) in [6, 6.07) is 3.76. The number of hydrogen-bond acceptors (Lipinski definition) is 4. The van der Waals surface area contributed by atoms with Crippen molar-refractivity contribution in [2.24, 2.45) is 0 Å². The Balaban J connectivity index is 2.31. The van der Waals surface area contributed by atoms with Gasteiger partial charge in [0.25, 0.3) is 11.1 Å². The molecule has 0 saturated heterocycles. The van der Waals surface area contributed by atoms with E-state index in [4.69, 9.17) is 0 Å². The molecule has 2 aromatic rings. The largest absolute Gasteiger partial charge is 0.385 e. The van der Waals surface area contributed by atoms with Crippen LogP contribution in [0.25, 0.3) is 0 Å². The molecule has 0 amide bonds. The predicted molar refractivity (Wildman–Crippen MR) is 82.9 cm³/mol. The third-order valence-corrected chi connectivity index (χ3v) is 3.42. The summed E-state index contributed by atoms with van der Waals surface area (Å²) in [5.74, 6) is 0. The number of aromatic amines is 1. The number of rotatable bonds is 5. The third-order valence-electron chi connectivity index (χ3n) is 3.42. The lowest BCUT2D eigenvalue weighted by Crippen LogP contribution is -2.33. The van der Waals surface area contributed by atoms with Gasteiger partial charge in [-0.05, 0) is 32.4 Å². The van der Waals surface area contributed by atoms with Crippen LogP contribution in [0.2, 0.25) is 0 Å². The van der Waals surface area contributed by atoms with Gasteiger partial charge in [-0.1, -0.05) is 6.92 Å².